The van der Waals surface area contributed by atoms with Crippen LogP contribution in [0.25, 0.3) is 0 Å². The number of carbonyl (C=O) groups is 1. The lowest BCUT2D eigenvalue weighted by Gasteiger charge is -2.23. The van der Waals surface area contributed by atoms with Crippen molar-refractivity contribution in [2.45, 2.75) is 31.7 Å². The zero-order chi connectivity index (χ0) is 13.7. The molecule has 1 aliphatic heterocycles. The zero-order valence-electron chi connectivity index (χ0n) is 10.6. The van der Waals surface area contributed by atoms with Gasteiger partial charge in [0.05, 0.1) is 12.6 Å². The van der Waals surface area contributed by atoms with E-state index in [4.69, 9.17) is 4.74 Å². The van der Waals surface area contributed by atoms with Gasteiger partial charge in [-0.05, 0) is 43.0 Å². The molecule has 19 heavy (non-hydrogen) atoms. The normalized spacial score (nSPS) is 19.2. The van der Waals surface area contributed by atoms with E-state index in [0.29, 0.717) is 19.4 Å². The van der Waals surface area contributed by atoms with Crippen LogP contribution in [0.1, 0.15) is 24.8 Å². The van der Waals surface area contributed by atoms with E-state index < -0.39 is 0 Å². The summed E-state index contributed by atoms with van der Waals surface area (Å²) in [6.07, 6.45) is 2.84. The Labute approximate surface area is 120 Å². The third-order valence-corrected chi connectivity index (χ3v) is 3.93. The fourth-order valence-electron chi connectivity index (χ4n) is 2.14. The molecule has 0 spiro atoms. The van der Waals surface area contributed by atoms with Crippen LogP contribution in [0.3, 0.4) is 0 Å². The van der Waals surface area contributed by atoms with Crippen molar-refractivity contribution in [1.82, 2.24) is 5.32 Å². The molecule has 1 fully saturated rings. The molecule has 1 aromatic carbocycles. The summed E-state index contributed by atoms with van der Waals surface area (Å²) in [5.41, 5.74) is 0.815. The Morgan fingerprint density at radius 2 is 2.37 bits per heavy atom. The van der Waals surface area contributed by atoms with Gasteiger partial charge in [-0.25, -0.2) is 4.39 Å². The van der Waals surface area contributed by atoms with E-state index in [0.717, 1.165) is 29.5 Å². The molecule has 104 valence electrons. The zero-order valence-corrected chi connectivity index (χ0v) is 12.2. The molecular weight excluding hydrogens is 313 g/mol. The number of nitrogens with one attached hydrogen (secondary N) is 1. The van der Waals surface area contributed by atoms with E-state index >= 15 is 0 Å². The second-order valence-corrected chi connectivity index (χ2v) is 5.57. The number of rotatable bonds is 4. The molecule has 0 radical (unpaired) electrons. The van der Waals surface area contributed by atoms with Crippen molar-refractivity contribution in [3.8, 4) is 0 Å². The van der Waals surface area contributed by atoms with Crippen LogP contribution in [0.2, 0.25) is 0 Å². The van der Waals surface area contributed by atoms with Crippen LogP contribution in [0, 0.1) is 5.82 Å². The summed E-state index contributed by atoms with van der Waals surface area (Å²) in [7, 11) is 0. The quantitative estimate of drug-likeness (QED) is 0.922. The standard InChI is InChI=1S/C14H17BrFNO2/c15-13-5-4-11(16)8-10(13)3-6-14(18)17-12-2-1-7-19-9-12/h4-5,8,12H,1-3,6-7,9H2,(H,17,18). The van der Waals surface area contributed by atoms with Gasteiger partial charge in [0.15, 0.2) is 0 Å². The Hall–Kier alpha value is -0.940. The van der Waals surface area contributed by atoms with Crippen LogP contribution in [-0.2, 0) is 16.0 Å². The van der Waals surface area contributed by atoms with E-state index in [1.54, 1.807) is 6.07 Å². The van der Waals surface area contributed by atoms with E-state index in [2.05, 4.69) is 21.2 Å². The molecule has 1 aromatic rings. The molecule has 0 saturated carbocycles. The van der Waals surface area contributed by atoms with Crippen LogP contribution in [-0.4, -0.2) is 25.2 Å². The second-order valence-electron chi connectivity index (χ2n) is 4.72. The molecule has 1 saturated heterocycles. The maximum absolute atomic E-state index is 13.1. The lowest BCUT2D eigenvalue weighted by Crippen LogP contribution is -2.40. The predicted molar refractivity (Wildman–Crippen MR) is 74.4 cm³/mol. The van der Waals surface area contributed by atoms with Gasteiger partial charge in [-0.2, -0.15) is 0 Å². The maximum Gasteiger partial charge on any atom is 0.220 e. The molecule has 1 amide bonds. The van der Waals surface area contributed by atoms with Gasteiger partial charge in [0, 0.05) is 17.5 Å². The molecule has 2 rings (SSSR count). The number of aryl methyl sites for hydroxylation is 1. The Morgan fingerprint density at radius 3 is 3.11 bits per heavy atom. The number of hydrogen-bond donors (Lipinski definition) is 1. The first-order valence-electron chi connectivity index (χ1n) is 6.46. The second kappa shape index (κ2) is 7.01. The Morgan fingerprint density at radius 1 is 1.53 bits per heavy atom. The third kappa shape index (κ3) is 4.58. The third-order valence-electron chi connectivity index (χ3n) is 3.15. The first-order valence-corrected chi connectivity index (χ1v) is 7.25. The molecule has 0 bridgehead atoms. The minimum absolute atomic E-state index is 0.00772. The van der Waals surface area contributed by atoms with Gasteiger partial charge in [-0.15, -0.1) is 0 Å². The molecule has 1 N–H and O–H groups in total. The van der Waals surface area contributed by atoms with Crippen molar-refractivity contribution in [2.75, 3.05) is 13.2 Å². The van der Waals surface area contributed by atoms with Crippen molar-refractivity contribution in [3.63, 3.8) is 0 Å². The molecule has 1 atom stereocenters. The van der Waals surface area contributed by atoms with Gasteiger partial charge in [0.25, 0.3) is 0 Å². The topological polar surface area (TPSA) is 38.3 Å². The van der Waals surface area contributed by atoms with Gasteiger partial charge in [0.2, 0.25) is 5.91 Å². The average molecular weight is 330 g/mol. The van der Waals surface area contributed by atoms with Crippen LogP contribution in [0.15, 0.2) is 22.7 Å². The molecule has 1 aliphatic rings. The molecule has 0 aromatic heterocycles. The minimum Gasteiger partial charge on any atom is -0.379 e. The first-order chi connectivity index (χ1) is 9.15. The van der Waals surface area contributed by atoms with Crippen LogP contribution in [0.5, 0.6) is 0 Å². The Bertz CT molecular complexity index is 447. The Kier molecular flexibility index (Phi) is 5.34. The number of hydrogen-bond acceptors (Lipinski definition) is 2. The SMILES string of the molecule is O=C(CCc1cc(F)ccc1Br)NC1CCCOC1. The highest BCUT2D eigenvalue weighted by Gasteiger charge is 2.16. The van der Waals surface area contributed by atoms with Gasteiger partial charge in [0.1, 0.15) is 5.82 Å². The van der Waals surface area contributed by atoms with E-state index in [9.17, 15) is 9.18 Å². The molecule has 0 aliphatic carbocycles. The minimum atomic E-state index is -0.278. The van der Waals surface area contributed by atoms with Crippen molar-refractivity contribution < 1.29 is 13.9 Å². The highest BCUT2D eigenvalue weighted by atomic mass is 79.9. The lowest BCUT2D eigenvalue weighted by atomic mass is 10.1. The van der Waals surface area contributed by atoms with Gasteiger partial charge in [-0.3, -0.25) is 4.79 Å². The largest absolute Gasteiger partial charge is 0.379 e. The summed E-state index contributed by atoms with van der Waals surface area (Å²) >= 11 is 3.36. The summed E-state index contributed by atoms with van der Waals surface area (Å²) in [6.45, 7) is 1.37. The summed E-state index contributed by atoms with van der Waals surface area (Å²) in [4.78, 5) is 11.8. The van der Waals surface area contributed by atoms with Gasteiger partial charge >= 0.3 is 0 Å². The summed E-state index contributed by atoms with van der Waals surface area (Å²) < 4.78 is 19.3. The van der Waals surface area contributed by atoms with Crippen LogP contribution >= 0.6 is 15.9 Å². The summed E-state index contributed by atoms with van der Waals surface area (Å²) in [6, 6.07) is 4.64. The fraction of sp³-hybridized carbons (Fsp3) is 0.500. The molecule has 5 heteroatoms. The number of amides is 1. The smallest absolute Gasteiger partial charge is 0.220 e. The van der Waals surface area contributed by atoms with Crippen molar-refractivity contribution in [1.29, 1.82) is 0 Å². The summed E-state index contributed by atoms with van der Waals surface area (Å²) in [5, 5.41) is 2.95. The maximum atomic E-state index is 13.1. The lowest BCUT2D eigenvalue weighted by molar-refractivity contribution is -0.122. The van der Waals surface area contributed by atoms with Crippen LogP contribution < -0.4 is 5.32 Å². The van der Waals surface area contributed by atoms with Crippen molar-refractivity contribution >= 4 is 21.8 Å². The number of ether oxygens (including phenoxy) is 1. The predicted octanol–water partition coefficient (Wildman–Crippen LogP) is 2.82. The van der Waals surface area contributed by atoms with E-state index in [-0.39, 0.29) is 17.8 Å². The first kappa shape index (κ1) is 14.5. The molecule has 1 unspecified atom stereocenters. The highest BCUT2D eigenvalue weighted by Crippen LogP contribution is 2.19. The fourth-order valence-corrected chi connectivity index (χ4v) is 2.58. The van der Waals surface area contributed by atoms with Gasteiger partial charge in [-0.1, -0.05) is 15.9 Å². The Balaban J connectivity index is 1.81. The van der Waals surface area contributed by atoms with Crippen molar-refractivity contribution in [2.24, 2.45) is 0 Å². The van der Waals surface area contributed by atoms with Crippen LogP contribution in [0.4, 0.5) is 4.39 Å². The highest BCUT2D eigenvalue weighted by molar-refractivity contribution is 9.10. The number of carbonyl (C=O) groups excluding carboxylic acids is 1. The summed E-state index contributed by atoms with van der Waals surface area (Å²) in [5.74, 6) is -0.286. The molecule has 3 nitrogen and oxygen atoms in total. The van der Waals surface area contributed by atoms with E-state index in [1.165, 1.54) is 12.1 Å². The number of halogens is 2. The monoisotopic (exact) mass is 329 g/mol. The van der Waals surface area contributed by atoms with E-state index in [1.807, 2.05) is 0 Å². The number of benzene rings is 1. The molecule has 1 heterocycles. The van der Waals surface area contributed by atoms with Gasteiger partial charge < -0.3 is 10.1 Å². The molecular formula is C14H17BrFNO2. The van der Waals surface area contributed by atoms with Crippen molar-refractivity contribution in [3.05, 3.63) is 34.1 Å². The average Bonchev–Trinajstić information content (AvgIpc) is 2.41.